The molecule has 28 heavy (non-hydrogen) atoms. The van der Waals surface area contributed by atoms with Crippen molar-refractivity contribution in [1.82, 2.24) is 0 Å². The minimum absolute atomic E-state index is 0.0225. The molecule has 0 aromatic heterocycles. The van der Waals surface area contributed by atoms with Crippen LogP contribution in [0.15, 0.2) is 40.9 Å². The van der Waals surface area contributed by atoms with Gasteiger partial charge in [0, 0.05) is 42.6 Å². The van der Waals surface area contributed by atoms with Gasteiger partial charge in [-0.25, -0.2) is 0 Å². The maximum Gasteiger partial charge on any atom is 0.271 e. The molecule has 1 spiro atoms. The molecule has 0 bridgehead atoms. The number of nitrogens with zero attached hydrogens (tertiary/aromatic N) is 3. The van der Waals surface area contributed by atoms with E-state index >= 15 is 0 Å². The molecule has 0 saturated carbocycles. The van der Waals surface area contributed by atoms with Gasteiger partial charge in [-0.3, -0.25) is 20.2 Å². The first-order valence-electron chi connectivity index (χ1n) is 8.47. The lowest BCUT2D eigenvalue weighted by molar-refractivity contribution is -0.385. The first kappa shape index (κ1) is 18.4. The smallest absolute Gasteiger partial charge is 0.271 e. The lowest BCUT2D eigenvalue weighted by Gasteiger charge is -2.45. The van der Waals surface area contributed by atoms with Gasteiger partial charge in [-0.05, 0) is 53.6 Å². The van der Waals surface area contributed by atoms with Crippen molar-refractivity contribution in [2.75, 3.05) is 11.9 Å². The van der Waals surface area contributed by atoms with Gasteiger partial charge in [0.15, 0.2) is 0 Å². The molecule has 4 rings (SSSR count). The largest absolute Gasteiger partial charge is 0.462 e. The molecule has 0 radical (unpaired) electrons. The molecule has 2 aromatic carbocycles. The number of nitro benzene ring substituents is 2. The van der Waals surface area contributed by atoms with Crippen molar-refractivity contribution in [3.05, 3.63) is 72.2 Å². The van der Waals surface area contributed by atoms with Crippen LogP contribution in [0.25, 0.3) is 6.08 Å². The van der Waals surface area contributed by atoms with Crippen molar-refractivity contribution in [2.24, 2.45) is 0 Å². The van der Waals surface area contributed by atoms with Gasteiger partial charge in [-0.2, -0.15) is 0 Å². The number of non-ortho nitro benzene ring substituents is 2. The Hall–Kier alpha value is -2.94. The zero-order valence-corrected chi connectivity index (χ0v) is 16.9. The fraction of sp³-hybridized carbons (Fsp3) is 0.263. The van der Waals surface area contributed by atoms with E-state index < -0.39 is 21.0 Å². The molecule has 8 nitrogen and oxygen atoms in total. The lowest BCUT2D eigenvalue weighted by Crippen LogP contribution is -2.58. The van der Waals surface area contributed by atoms with Gasteiger partial charge in [0.2, 0.25) is 5.72 Å². The predicted octanol–water partition coefficient (Wildman–Crippen LogP) is 4.80. The summed E-state index contributed by atoms with van der Waals surface area (Å²) in [4.78, 5) is 23.5. The Morgan fingerprint density at radius 3 is 2.39 bits per heavy atom. The number of halogens is 1. The normalized spacial score (nSPS) is 21.2. The van der Waals surface area contributed by atoms with Gasteiger partial charge < -0.3 is 9.64 Å². The van der Waals surface area contributed by atoms with Gasteiger partial charge >= 0.3 is 0 Å². The Labute approximate surface area is 168 Å². The molecule has 0 amide bonds. The second-order valence-corrected chi connectivity index (χ2v) is 8.23. The van der Waals surface area contributed by atoms with Gasteiger partial charge in [0.1, 0.15) is 5.75 Å². The summed E-state index contributed by atoms with van der Waals surface area (Å²) < 4.78 is 6.93. The Bertz CT molecular complexity index is 1080. The third kappa shape index (κ3) is 2.29. The second-order valence-electron chi connectivity index (χ2n) is 7.38. The molecule has 0 aliphatic carbocycles. The van der Waals surface area contributed by atoms with E-state index in [4.69, 9.17) is 4.74 Å². The van der Waals surface area contributed by atoms with Crippen LogP contribution in [0.3, 0.4) is 0 Å². The van der Waals surface area contributed by atoms with E-state index in [1.54, 1.807) is 18.2 Å². The summed E-state index contributed by atoms with van der Waals surface area (Å²) in [6.07, 6.45) is 3.66. The van der Waals surface area contributed by atoms with E-state index in [0.717, 1.165) is 11.3 Å². The highest BCUT2D eigenvalue weighted by molar-refractivity contribution is 9.10. The number of ether oxygens (including phenoxy) is 1. The van der Waals surface area contributed by atoms with E-state index in [1.807, 2.05) is 31.9 Å². The zero-order valence-electron chi connectivity index (χ0n) is 15.3. The molecule has 1 atom stereocenters. The van der Waals surface area contributed by atoms with Crippen LogP contribution in [0, 0.1) is 20.2 Å². The van der Waals surface area contributed by atoms with Gasteiger partial charge in [-0.1, -0.05) is 0 Å². The highest BCUT2D eigenvalue weighted by Gasteiger charge is 2.58. The fourth-order valence-electron chi connectivity index (χ4n) is 4.07. The number of likely N-dealkylation sites (N-methyl/N-ethyl adjacent to an activating group) is 1. The molecule has 2 aliphatic rings. The Balaban J connectivity index is 1.87. The quantitative estimate of drug-likeness (QED) is 0.486. The van der Waals surface area contributed by atoms with Crippen LogP contribution >= 0.6 is 15.9 Å². The monoisotopic (exact) mass is 445 g/mol. The van der Waals surface area contributed by atoms with E-state index in [-0.39, 0.29) is 11.4 Å². The molecule has 0 fully saturated rings. The number of nitro groups is 2. The molecule has 144 valence electrons. The average molecular weight is 446 g/mol. The van der Waals surface area contributed by atoms with Crippen molar-refractivity contribution >= 4 is 39.1 Å². The minimum Gasteiger partial charge on any atom is -0.462 e. The maximum atomic E-state index is 11.2. The summed E-state index contributed by atoms with van der Waals surface area (Å²) in [5, 5.41) is 22.4. The van der Waals surface area contributed by atoms with Crippen molar-refractivity contribution in [1.29, 1.82) is 0 Å². The first-order chi connectivity index (χ1) is 13.1. The standard InChI is InChI=1S/C19H16BrN3O5/c1-18(2)14-9-12(22(24)25)4-5-16(14)21(3)19(18)7-6-11-8-13(23(26)27)10-15(20)17(11)28-19/h4-10H,1-3H3/t19-/m1/s1. The number of anilines is 1. The third-order valence-electron chi connectivity index (χ3n) is 5.63. The van der Waals surface area contributed by atoms with Crippen molar-refractivity contribution in [2.45, 2.75) is 25.0 Å². The highest BCUT2D eigenvalue weighted by Crippen LogP contribution is 2.55. The number of hydrogen-bond donors (Lipinski definition) is 0. The Morgan fingerprint density at radius 2 is 1.75 bits per heavy atom. The summed E-state index contributed by atoms with van der Waals surface area (Å²) >= 11 is 3.38. The van der Waals surface area contributed by atoms with Gasteiger partial charge in [0.05, 0.1) is 19.7 Å². The molecule has 0 unspecified atom stereocenters. The first-order valence-corrected chi connectivity index (χ1v) is 9.27. The van der Waals surface area contributed by atoms with Crippen LogP contribution in [0.2, 0.25) is 0 Å². The van der Waals surface area contributed by atoms with E-state index in [9.17, 15) is 20.2 Å². The Morgan fingerprint density at radius 1 is 1.07 bits per heavy atom. The summed E-state index contributed by atoms with van der Waals surface area (Å²) in [5.41, 5.74) is 0.659. The Kier molecular flexibility index (Phi) is 3.80. The van der Waals surface area contributed by atoms with Crippen LogP contribution < -0.4 is 9.64 Å². The summed E-state index contributed by atoms with van der Waals surface area (Å²) in [7, 11) is 1.87. The minimum atomic E-state index is -0.934. The number of fused-ring (bicyclic) bond motifs is 2. The molecular weight excluding hydrogens is 430 g/mol. The van der Waals surface area contributed by atoms with Crippen molar-refractivity contribution in [3.8, 4) is 5.75 Å². The fourth-order valence-corrected chi connectivity index (χ4v) is 4.61. The SMILES string of the molecule is CN1c2ccc([N+](=O)[O-])cc2C(C)(C)[C@]12C=Cc1cc([N+](=O)[O-])cc(Br)c1O2. The highest BCUT2D eigenvalue weighted by atomic mass is 79.9. The van der Waals surface area contributed by atoms with E-state index in [2.05, 4.69) is 15.9 Å². The van der Waals surface area contributed by atoms with Crippen molar-refractivity contribution < 1.29 is 14.6 Å². The van der Waals surface area contributed by atoms with Crippen LogP contribution in [0.1, 0.15) is 25.0 Å². The summed E-state index contributed by atoms with van der Waals surface area (Å²) in [5.74, 6) is 0.496. The summed E-state index contributed by atoms with van der Waals surface area (Å²) in [6.45, 7) is 3.93. The molecule has 2 heterocycles. The van der Waals surface area contributed by atoms with Gasteiger partial charge in [0.25, 0.3) is 11.4 Å². The molecule has 2 aliphatic heterocycles. The number of hydrogen-bond acceptors (Lipinski definition) is 6. The second kappa shape index (κ2) is 5.78. The van der Waals surface area contributed by atoms with Crippen LogP contribution in [0.5, 0.6) is 5.75 Å². The third-order valence-corrected chi connectivity index (χ3v) is 6.22. The molecular formula is C19H16BrN3O5. The molecule has 0 saturated heterocycles. The van der Waals surface area contributed by atoms with Crippen LogP contribution in [-0.4, -0.2) is 22.6 Å². The van der Waals surface area contributed by atoms with Crippen LogP contribution in [-0.2, 0) is 5.41 Å². The molecule has 0 N–H and O–H groups in total. The maximum absolute atomic E-state index is 11.2. The lowest BCUT2D eigenvalue weighted by atomic mass is 9.76. The topological polar surface area (TPSA) is 98.8 Å². The zero-order chi connectivity index (χ0) is 20.4. The predicted molar refractivity (Wildman–Crippen MR) is 108 cm³/mol. The molecule has 2 aromatic rings. The van der Waals surface area contributed by atoms with E-state index in [1.165, 1.54) is 18.2 Å². The molecule has 9 heteroatoms. The van der Waals surface area contributed by atoms with Crippen molar-refractivity contribution in [3.63, 3.8) is 0 Å². The van der Waals surface area contributed by atoms with E-state index in [0.29, 0.717) is 15.8 Å². The average Bonchev–Trinajstić information content (AvgIpc) is 2.80. The summed E-state index contributed by atoms with van der Waals surface area (Å²) in [6, 6.07) is 7.65. The number of benzene rings is 2. The number of rotatable bonds is 2. The van der Waals surface area contributed by atoms with Gasteiger partial charge in [-0.15, -0.1) is 0 Å². The van der Waals surface area contributed by atoms with Crippen LogP contribution in [0.4, 0.5) is 17.1 Å².